The minimum atomic E-state index is -0.0338. The molecule has 0 radical (unpaired) electrons. The summed E-state index contributed by atoms with van der Waals surface area (Å²) in [6.45, 7) is 6.10. The first-order chi connectivity index (χ1) is 14.3. The van der Waals surface area contributed by atoms with Gasteiger partial charge in [-0.2, -0.15) is 5.10 Å². The van der Waals surface area contributed by atoms with Crippen LogP contribution >= 0.6 is 0 Å². The van der Waals surface area contributed by atoms with Gasteiger partial charge in [0.05, 0.1) is 37.7 Å². The van der Waals surface area contributed by atoms with E-state index in [4.69, 9.17) is 4.74 Å². The van der Waals surface area contributed by atoms with E-state index in [1.54, 1.807) is 6.20 Å². The number of carbonyl (C=O) groups excluding carboxylic acids is 1. The van der Waals surface area contributed by atoms with Gasteiger partial charge in [0.15, 0.2) is 0 Å². The Morgan fingerprint density at radius 3 is 2.72 bits per heavy atom. The molecule has 1 N–H and O–H groups in total. The summed E-state index contributed by atoms with van der Waals surface area (Å²) < 4.78 is 7.30. The first-order valence-electron chi connectivity index (χ1n) is 10.7. The Labute approximate surface area is 172 Å². The van der Waals surface area contributed by atoms with Gasteiger partial charge in [-0.1, -0.05) is 43.2 Å². The van der Waals surface area contributed by atoms with Gasteiger partial charge in [-0.15, -0.1) is 0 Å². The second kappa shape index (κ2) is 9.89. The molecule has 2 fully saturated rings. The van der Waals surface area contributed by atoms with Crippen molar-refractivity contribution in [2.45, 2.75) is 38.3 Å². The molecule has 0 bridgehead atoms. The van der Waals surface area contributed by atoms with E-state index in [-0.39, 0.29) is 12.1 Å². The van der Waals surface area contributed by atoms with Crippen molar-refractivity contribution in [1.29, 1.82) is 0 Å². The minimum Gasteiger partial charge on any atom is -0.379 e. The number of ether oxygens (including phenoxy) is 1. The van der Waals surface area contributed by atoms with Gasteiger partial charge < -0.3 is 15.0 Å². The molecule has 156 valence electrons. The second-order valence-electron chi connectivity index (χ2n) is 7.85. The molecule has 7 nitrogen and oxygen atoms in total. The smallest absolute Gasteiger partial charge is 0.322 e. The number of likely N-dealkylation sites (tertiary alicyclic amines) is 1. The lowest BCUT2D eigenvalue weighted by atomic mass is 10.0. The van der Waals surface area contributed by atoms with E-state index in [2.05, 4.69) is 39.6 Å². The maximum atomic E-state index is 13.1. The highest BCUT2D eigenvalue weighted by atomic mass is 16.5. The Morgan fingerprint density at radius 2 is 1.90 bits per heavy atom. The number of carbonyl (C=O) groups is 1. The molecule has 1 aromatic carbocycles. The molecular formula is C22H31N5O2. The fourth-order valence-corrected chi connectivity index (χ4v) is 4.19. The molecule has 3 heterocycles. The maximum Gasteiger partial charge on any atom is 0.322 e. The van der Waals surface area contributed by atoms with Crippen LogP contribution in [-0.4, -0.2) is 65.0 Å². The number of anilines is 1. The Balaban J connectivity index is 1.36. The van der Waals surface area contributed by atoms with Crippen LogP contribution in [0.4, 0.5) is 10.5 Å². The standard InChI is InChI=1S/C22H31N5O2/c28-22(27-10-6-2-5-9-21(27)19-7-3-1-4-8-19)24-20-17-23-26(18-20)12-11-25-13-15-29-16-14-25/h1,3-4,7-8,17-18,21H,2,5-6,9-16H2,(H,24,28). The SMILES string of the molecule is O=C(Nc1cnn(CCN2CCOCC2)c1)N1CCCCCC1c1ccccc1. The fraction of sp³-hybridized carbons (Fsp3) is 0.545. The number of morpholine rings is 1. The molecule has 0 spiro atoms. The van der Waals surface area contributed by atoms with Crippen LogP contribution in [0.2, 0.25) is 0 Å². The van der Waals surface area contributed by atoms with E-state index < -0.39 is 0 Å². The molecule has 1 atom stereocenters. The van der Waals surface area contributed by atoms with E-state index in [9.17, 15) is 4.79 Å². The number of rotatable bonds is 5. The summed E-state index contributed by atoms with van der Waals surface area (Å²) in [6, 6.07) is 10.5. The third-order valence-corrected chi connectivity index (χ3v) is 5.83. The molecule has 1 aromatic heterocycles. The lowest BCUT2D eigenvalue weighted by molar-refractivity contribution is 0.0360. The Hall–Kier alpha value is -2.38. The average molecular weight is 398 g/mol. The van der Waals surface area contributed by atoms with Crippen LogP contribution in [0.25, 0.3) is 0 Å². The summed E-state index contributed by atoms with van der Waals surface area (Å²) in [5.41, 5.74) is 1.97. The van der Waals surface area contributed by atoms with Crippen molar-refractivity contribution in [3.8, 4) is 0 Å². The molecular weight excluding hydrogens is 366 g/mol. The normalized spacial score (nSPS) is 21.0. The van der Waals surface area contributed by atoms with Crippen molar-refractivity contribution < 1.29 is 9.53 Å². The quantitative estimate of drug-likeness (QED) is 0.840. The third kappa shape index (κ3) is 5.36. The zero-order valence-electron chi connectivity index (χ0n) is 17.0. The minimum absolute atomic E-state index is 0.0338. The second-order valence-corrected chi connectivity index (χ2v) is 7.85. The monoisotopic (exact) mass is 397 g/mol. The lowest BCUT2D eigenvalue weighted by Crippen LogP contribution is -2.38. The number of nitrogens with zero attached hydrogens (tertiary/aromatic N) is 4. The topological polar surface area (TPSA) is 62.6 Å². The predicted octanol–water partition coefficient (Wildman–Crippen LogP) is 3.36. The van der Waals surface area contributed by atoms with E-state index in [0.717, 1.165) is 70.9 Å². The fourth-order valence-electron chi connectivity index (χ4n) is 4.19. The molecule has 0 saturated carbocycles. The van der Waals surface area contributed by atoms with Gasteiger partial charge >= 0.3 is 6.03 Å². The molecule has 4 rings (SSSR count). The van der Waals surface area contributed by atoms with Crippen molar-refractivity contribution in [1.82, 2.24) is 19.6 Å². The summed E-state index contributed by atoms with van der Waals surface area (Å²) in [7, 11) is 0. The van der Waals surface area contributed by atoms with Crippen LogP contribution in [0.1, 0.15) is 37.3 Å². The number of aromatic nitrogens is 2. The summed E-state index contributed by atoms with van der Waals surface area (Å²) in [6.07, 6.45) is 8.06. The maximum absolute atomic E-state index is 13.1. The third-order valence-electron chi connectivity index (χ3n) is 5.83. The van der Waals surface area contributed by atoms with Crippen molar-refractivity contribution in [2.24, 2.45) is 0 Å². The van der Waals surface area contributed by atoms with Gasteiger partial charge in [0.1, 0.15) is 0 Å². The zero-order valence-corrected chi connectivity index (χ0v) is 17.0. The van der Waals surface area contributed by atoms with Gasteiger partial charge in [-0.3, -0.25) is 9.58 Å². The summed E-state index contributed by atoms with van der Waals surface area (Å²) in [5.74, 6) is 0. The zero-order chi connectivity index (χ0) is 19.9. The van der Waals surface area contributed by atoms with Crippen LogP contribution in [0.15, 0.2) is 42.7 Å². The number of nitrogens with one attached hydrogen (secondary N) is 1. The summed E-state index contributed by atoms with van der Waals surface area (Å²) in [5, 5.41) is 7.49. The molecule has 29 heavy (non-hydrogen) atoms. The van der Waals surface area contributed by atoms with Gasteiger partial charge in [0.2, 0.25) is 0 Å². The predicted molar refractivity (Wildman–Crippen MR) is 113 cm³/mol. The molecule has 0 aliphatic carbocycles. The van der Waals surface area contributed by atoms with Crippen LogP contribution in [0, 0.1) is 0 Å². The molecule has 7 heteroatoms. The van der Waals surface area contributed by atoms with Gasteiger partial charge in [0, 0.05) is 32.4 Å². The molecule has 2 saturated heterocycles. The first kappa shape index (κ1) is 19.9. The highest BCUT2D eigenvalue weighted by Crippen LogP contribution is 2.30. The van der Waals surface area contributed by atoms with E-state index in [0.29, 0.717) is 0 Å². The van der Waals surface area contributed by atoms with Crippen molar-refractivity contribution >= 4 is 11.7 Å². The van der Waals surface area contributed by atoms with Crippen LogP contribution in [0.5, 0.6) is 0 Å². The lowest BCUT2D eigenvalue weighted by Gasteiger charge is -2.30. The van der Waals surface area contributed by atoms with Crippen LogP contribution in [-0.2, 0) is 11.3 Å². The molecule has 1 unspecified atom stereocenters. The summed E-state index contributed by atoms with van der Waals surface area (Å²) in [4.78, 5) is 17.4. The van der Waals surface area contributed by atoms with E-state index in [1.165, 1.54) is 12.0 Å². The molecule has 2 aromatic rings. The number of benzene rings is 1. The molecule has 2 aliphatic heterocycles. The Morgan fingerprint density at radius 1 is 1.07 bits per heavy atom. The largest absolute Gasteiger partial charge is 0.379 e. The van der Waals surface area contributed by atoms with Gasteiger partial charge in [-0.25, -0.2) is 4.79 Å². The Bertz CT molecular complexity index is 773. The average Bonchev–Trinajstić information content (AvgIpc) is 3.06. The number of urea groups is 1. The number of hydrogen-bond donors (Lipinski definition) is 1. The van der Waals surface area contributed by atoms with E-state index in [1.807, 2.05) is 21.8 Å². The molecule has 2 aliphatic rings. The highest BCUT2D eigenvalue weighted by molar-refractivity contribution is 5.89. The van der Waals surface area contributed by atoms with Crippen molar-refractivity contribution in [3.05, 3.63) is 48.3 Å². The van der Waals surface area contributed by atoms with Gasteiger partial charge in [0.25, 0.3) is 0 Å². The number of hydrogen-bond acceptors (Lipinski definition) is 4. The first-order valence-corrected chi connectivity index (χ1v) is 10.7. The van der Waals surface area contributed by atoms with Crippen molar-refractivity contribution in [3.63, 3.8) is 0 Å². The highest BCUT2D eigenvalue weighted by Gasteiger charge is 2.27. The van der Waals surface area contributed by atoms with E-state index >= 15 is 0 Å². The summed E-state index contributed by atoms with van der Waals surface area (Å²) >= 11 is 0. The Kier molecular flexibility index (Phi) is 6.79. The number of amides is 2. The molecule has 2 amide bonds. The van der Waals surface area contributed by atoms with Crippen LogP contribution in [0.3, 0.4) is 0 Å². The van der Waals surface area contributed by atoms with Crippen molar-refractivity contribution in [2.75, 3.05) is 44.7 Å². The van der Waals surface area contributed by atoms with Crippen LogP contribution < -0.4 is 5.32 Å². The van der Waals surface area contributed by atoms with Gasteiger partial charge in [-0.05, 0) is 18.4 Å².